The van der Waals surface area contributed by atoms with E-state index in [1.54, 1.807) is 6.07 Å². The Morgan fingerprint density at radius 2 is 2.11 bits per heavy atom. The maximum absolute atomic E-state index is 11.8. The van der Waals surface area contributed by atoms with Gasteiger partial charge in [-0.05, 0) is 24.8 Å². The monoisotopic (exact) mass is 285 g/mol. The summed E-state index contributed by atoms with van der Waals surface area (Å²) in [6.45, 7) is 0.357. The molecule has 104 valence electrons. The molecule has 0 aromatic heterocycles. The Kier molecular flexibility index (Phi) is 5.26. The van der Waals surface area contributed by atoms with Gasteiger partial charge in [0.15, 0.2) is 0 Å². The lowest BCUT2D eigenvalue weighted by atomic mass is 10.1. The minimum atomic E-state index is -0.560. The highest BCUT2D eigenvalue weighted by molar-refractivity contribution is 5.98. The first-order valence-corrected chi connectivity index (χ1v) is 5.87. The number of nitro groups is 1. The van der Waals surface area contributed by atoms with Crippen LogP contribution in [0.5, 0.6) is 0 Å². The fourth-order valence-electron chi connectivity index (χ4n) is 1.82. The van der Waals surface area contributed by atoms with Gasteiger partial charge in [-0.2, -0.15) is 0 Å². The quantitative estimate of drug-likeness (QED) is 0.632. The zero-order valence-electron chi connectivity index (χ0n) is 10.2. The zero-order valence-corrected chi connectivity index (χ0v) is 11.1. The van der Waals surface area contributed by atoms with Gasteiger partial charge in [-0.15, -0.1) is 12.4 Å². The van der Waals surface area contributed by atoms with Crippen molar-refractivity contribution in [1.29, 1.82) is 0 Å². The molecule has 19 heavy (non-hydrogen) atoms. The number of carbonyl (C=O) groups is 1. The number of amides is 1. The van der Waals surface area contributed by atoms with Crippen molar-refractivity contribution in [3.05, 3.63) is 39.9 Å². The highest BCUT2D eigenvalue weighted by Gasteiger charge is 2.29. The third-order valence-electron chi connectivity index (χ3n) is 3.07. The van der Waals surface area contributed by atoms with Crippen LogP contribution in [-0.2, 0) is 0 Å². The summed E-state index contributed by atoms with van der Waals surface area (Å²) < 4.78 is 0. The molecule has 7 heteroatoms. The SMILES string of the molecule is Cl.NC(CNC(=O)c1ccccc1[N+](=O)[O-])C1CC1. The number of carbonyl (C=O) groups excluding carboxylic acids is 1. The van der Waals surface area contributed by atoms with Crippen molar-refractivity contribution in [2.24, 2.45) is 11.7 Å². The summed E-state index contributed by atoms with van der Waals surface area (Å²) in [6.07, 6.45) is 2.20. The first kappa shape index (κ1) is 15.4. The van der Waals surface area contributed by atoms with Crippen LogP contribution < -0.4 is 11.1 Å². The topological polar surface area (TPSA) is 98.3 Å². The summed E-state index contributed by atoms with van der Waals surface area (Å²) in [5, 5.41) is 13.4. The molecule has 0 radical (unpaired) electrons. The molecule has 0 bridgehead atoms. The maximum atomic E-state index is 11.8. The zero-order chi connectivity index (χ0) is 13.1. The van der Waals surface area contributed by atoms with Crippen LogP contribution in [0.3, 0.4) is 0 Å². The van der Waals surface area contributed by atoms with Crippen LogP contribution in [0.2, 0.25) is 0 Å². The van der Waals surface area contributed by atoms with Crippen LogP contribution >= 0.6 is 12.4 Å². The molecular weight excluding hydrogens is 270 g/mol. The molecule has 1 aliphatic carbocycles. The Hall–Kier alpha value is -1.66. The third-order valence-corrected chi connectivity index (χ3v) is 3.07. The molecule has 0 spiro atoms. The predicted molar refractivity (Wildman–Crippen MR) is 73.4 cm³/mol. The number of hydrogen-bond acceptors (Lipinski definition) is 4. The second-order valence-electron chi connectivity index (χ2n) is 4.49. The first-order valence-electron chi connectivity index (χ1n) is 5.87. The van der Waals surface area contributed by atoms with E-state index in [9.17, 15) is 14.9 Å². The molecule has 1 unspecified atom stereocenters. The summed E-state index contributed by atoms with van der Waals surface area (Å²) in [4.78, 5) is 22.1. The number of rotatable bonds is 5. The normalized spacial score (nSPS) is 15.2. The van der Waals surface area contributed by atoms with Gasteiger partial charge in [0.25, 0.3) is 11.6 Å². The van der Waals surface area contributed by atoms with Crippen molar-refractivity contribution in [2.45, 2.75) is 18.9 Å². The first-order chi connectivity index (χ1) is 8.59. The number of nitrogens with two attached hydrogens (primary N) is 1. The maximum Gasteiger partial charge on any atom is 0.282 e. The van der Waals surface area contributed by atoms with E-state index in [-0.39, 0.29) is 29.7 Å². The number of nitrogens with zero attached hydrogens (tertiary/aromatic N) is 1. The third kappa shape index (κ3) is 3.90. The lowest BCUT2D eigenvalue weighted by molar-refractivity contribution is -0.385. The van der Waals surface area contributed by atoms with Crippen molar-refractivity contribution < 1.29 is 9.72 Å². The molecule has 1 fully saturated rings. The Labute approximate surface area is 116 Å². The minimum absolute atomic E-state index is 0. The standard InChI is InChI=1S/C12H15N3O3.ClH/c13-10(8-5-6-8)7-14-12(16)9-3-1-2-4-11(9)15(17)18;/h1-4,8,10H,5-7,13H2,(H,14,16);1H. The van der Waals surface area contributed by atoms with E-state index in [2.05, 4.69) is 5.32 Å². The number of halogens is 1. The van der Waals surface area contributed by atoms with Crippen LogP contribution in [0, 0.1) is 16.0 Å². The van der Waals surface area contributed by atoms with E-state index in [0.717, 1.165) is 12.8 Å². The lowest BCUT2D eigenvalue weighted by Crippen LogP contribution is -2.38. The summed E-state index contributed by atoms with van der Waals surface area (Å²) in [7, 11) is 0. The van der Waals surface area contributed by atoms with Gasteiger partial charge in [0.2, 0.25) is 0 Å². The van der Waals surface area contributed by atoms with Crippen LogP contribution in [0.1, 0.15) is 23.2 Å². The molecule has 3 N–H and O–H groups in total. The number of hydrogen-bond donors (Lipinski definition) is 2. The summed E-state index contributed by atoms with van der Waals surface area (Å²) in [5.41, 5.74) is 5.74. The van der Waals surface area contributed by atoms with Crippen molar-refractivity contribution in [3.8, 4) is 0 Å². The van der Waals surface area contributed by atoms with E-state index in [4.69, 9.17) is 5.73 Å². The molecule has 1 aliphatic rings. The van der Waals surface area contributed by atoms with E-state index < -0.39 is 10.8 Å². The lowest BCUT2D eigenvalue weighted by Gasteiger charge is -2.11. The van der Waals surface area contributed by atoms with E-state index >= 15 is 0 Å². The minimum Gasteiger partial charge on any atom is -0.350 e. The molecule has 1 amide bonds. The molecule has 1 atom stereocenters. The highest BCUT2D eigenvalue weighted by Crippen LogP contribution is 2.31. The molecule has 1 aromatic rings. The number of para-hydroxylation sites is 1. The van der Waals surface area contributed by atoms with Gasteiger partial charge in [-0.3, -0.25) is 14.9 Å². The van der Waals surface area contributed by atoms with Gasteiger partial charge in [0.1, 0.15) is 5.56 Å². The molecule has 0 saturated heterocycles. The van der Waals surface area contributed by atoms with Gasteiger partial charge >= 0.3 is 0 Å². The molecular formula is C12H16ClN3O3. The molecule has 2 rings (SSSR count). The molecule has 1 aromatic carbocycles. The van der Waals surface area contributed by atoms with Crippen molar-refractivity contribution in [2.75, 3.05) is 6.54 Å². The van der Waals surface area contributed by atoms with Crippen molar-refractivity contribution in [1.82, 2.24) is 5.32 Å². The average Bonchev–Trinajstić information content (AvgIpc) is 3.19. The molecule has 0 aliphatic heterocycles. The summed E-state index contributed by atoms with van der Waals surface area (Å²) in [6, 6.07) is 5.83. The second-order valence-corrected chi connectivity index (χ2v) is 4.49. The second kappa shape index (κ2) is 6.49. The van der Waals surface area contributed by atoms with E-state index in [1.807, 2.05) is 0 Å². The summed E-state index contributed by atoms with van der Waals surface area (Å²) in [5.74, 6) is 0.0365. The average molecular weight is 286 g/mol. The predicted octanol–water partition coefficient (Wildman–Crippen LogP) is 1.48. The largest absolute Gasteiger partial charge is 0.350 e. The number of benzene rings is 1. The number of nitrogens with one attached hydrogen (secondary N) is 1. The van der Waals surface area contributed by atoms with Crippen LogP contribution in [-0.4, -0.2) is 23.4 Å². The smallest absolute Gasteiger partial charge is 0.282 e. The van der Waals surface area contributed by atoms with Gasteiger partial charge < -0.3 is 11.1 Å². The van der Waals surface area contributed by atoms with Gasteiger partial charge in [-0.25, -0.2) is 0 Å². The van der Waals surface area contributed by atoms with Crippen molar-refractivity contribution >= 4 is 24.0 Å². The fraction of sp³-hybridized carbons (Fsp3) is 0.417. The van der Waals surface area contributed by atoms with Crippen LogP contribution in [0.15, 0.2) is 24.3 Å². The Morgan fingerprint density at radius 1 is 1.47 bits per heavy atom. The van der Waals surface area contributed by atoms with Gasteiger partial charge in [-0.1, -0.05) is 12.1 Å². The van der Waals surface area contributed by atoms with Crippen molar-refractivity contribution in [3.63, 3.8) is 0 Å². The van der Waals surface area contributed by atoms with Gasteiger partial charge in [0, 0.05) is 18.7 Å². The highest BCUT2D eigenvalue weighted by atomic mass is 35.5. The molecule has 0 heterocycles. The molecule has 1 saturated carbocycles. The van der Waals surface area contributed by atoms with E-state index in [1.165, 1.54) is 18.2 Å². The van der Waals surface area contributed by atoms with E-state index in [0.29, 0.717) is 12.5 Å². The molecule has 6 nitrogen and oxygen atoms in total. The van der Waals surface area contributed by atoms with Gasteiger partial charge in [0.05, 0.1) is 4.92 Å². The Morgan fingerprint density at radius 3 is 2.68 bits per heavy atom. The number of nitro benzene ring substituents is 1. The summed E-state index contributed by atoms with van der Waals surface area (Å²) >= 11 is 0. The van der Waals surface area contributed by atoms with Crippen LogP contribution in [0.4, 0.5) is 5.69 Å². The Balaban J connectivity index is 0.00000180. The Bertz CT molecular complexity index is 477. The van der Waals surface area contributed by atoms with Crippen LogP contribution in [0.25, 0.3) is 0 Å². The fourth-order valence-corrected chi connectivity index (χ4v) is 1.82.